The summed E-state index contributed by atoms with van der Waals surface area (Å²) in [4.78, 5) is 26.3. The van der Waals surface area contributed by atoms with Gasteiger partial charge < -0.3 is 10.1 Å². The fourth-order valence-corrected chi connectivity index (χ4v) is 5.55. The van der Waals surface area contributed by atoms with Crippen LogP contribution in [0.4, 0.5) is 5.69 Å². The minimum Gasteiger partial charge on any atom is -0.497 e. The van der Waals surface area contributed by atoms with Gasteiger partial charge in [0.15, 0.2) is 0 Å². The number of carbonyl (C=O) groups excluding carboxylic acids is 1. The minimum absolute atomic E-state index is 0.0645. The average molecular weight is 440 g/mol. The van der Waals surface area contributed by atoms with E-state index >= 15 is 0 Å². The van der Waals surface area contributed by atoms with Crippen molar-refractivity contribution in [2.75, 3.05) is 12.4 Å². The molecule has 4 rings (SSSR count). The Morgan fingerprint density at radius 1 is 1.06 bits per heavy atom. The van der Waals surface area contributed by atoms with Crippen LogP contribution in [0.1, 0.15) is 37.7 Å². The quantitative estimate of drug-likeness (QED) is 0.615. The van der Waals surface area contributed by atoms with E-state index in [2.05, 4.69) is 11.4 Å². The molecule has 1 amide bonds. The summed E-state index contributed by atoms with van der Waals surface area (Å²) in [6, 6.07) is 11.5. The van der Waals surface area contributed by atoms with Gasteiger partial charge in [-0.3, -0.25) is 13.9 Å². The molecule has 1 aliphatic carbocycles. The molecule has 0 aliphatic heterocycles. The number of hydrogen-bond acceptors (Lipinski definition) is 4. The number of anilines is 1. The van der Waals surface area contributed by atoms with Gasteiger partial charge in [0.25, 0.3) is 0 Å². The molecule has 2 aromatic carbocycles. The van der Waals surface area contributed by atoms with E-state index in [-0.39, 0.29) is 18.0 Å². The molecule has 6 nitrogen and oxygen atoms in total. The molecule has 0 saturated heterocycles. The third-order valence-electron chi connectivity index (χ3n) is 6.02. The molecule has 164 valence electrons. The Balaban J connectivity index is 1.63. The zero-order valence-electron chi connectivity index (χ0n) is 18.3. The van der Waals surface area contributed by atoms with Crippen LogP contribution in [0.15, 0.2) is 46.1 Å². The monoisotopic (exact) mass is 439 g/mol. The van der Waals surface area contributed by atoms with Crippen molar-refractivity contribution in [3.8, 4) is 5.75 Å². The third-order valence-corrected chi connectivity index (χ3v) is 7.41. The van der Waals surface area contributed by atoms with Gasteiger partial charge in [-0.2, -0.15) is 0 Å². The molecule has 1 aliphatic rings. The lowest BCUT2D eigenvalue weighted by Gasteiger charge is -2.22. The Bertz CT molecular complexity index is 1140. The summed E-state index contributed by atoms with van der Waals surface area (Å²) in [6.07, 6.45) is 6.47. The number of nitrogens with zero attached hydrogens (tertiary/aromatic N) is 2. The molecule has 3 aromatic rings. The van der Waals surface area contributed by atoms with Gasteiger partial charge in [-0.25, -0.2) is 4.79 Å². The highest BCUT2D eigenvalue weighted by Gasteiger charge is 2.20. The number of nitrogens with one attached hydrogen (secondary N) is 1. The number of amides is 1. The Labute approximate surface area is 186 Å². The fraction of sp³-hybridized carbons (Fsp3) is 0.417. The standard InChI is InChI=1S/C24H29N3O3S/c1-26-20-14-19(25-23(28)13-16-9-11-17(30-3)12-10-16)22(15-21(20)27(2)24(26)29)31-18-7-5-4-6-8-18/h9-12,14-15,18H,4-8,13H2,1-3H3,(H,25,28). The van der Waals surface area contributed by atoms with Crippen molar-refractivity contribution in [1.29, 1.82) is 0 Å². The van der Waals surface area contributed by atoms with Gasteiger partial charge >= 0.3 is 5.69 Å². The van der Waals surface area contributed by atoms with Gasteiger partial charge in [-0.15, -0.1) is 11.8 Å². The predicted molar refractivity (Wildman–Crippen MR) is 126 cm³/mol. The van der Waals surface area contributed by atoms with Crippen molar-refractivity contribution in [3.63, 3.8) is 0 Å². The van der Waals surface area contributed by atoms with Crippen LogP contribution in [0.25, 0.3) is 11.0 Å². The molecule has 0 spiro atoms. The highest BCUT2D eigenvalue weighted by molar-refractivity contribution is 8.00. The highest BCUT2D eigenvalue weighted by Crippen LogP contribution is 2.39. The normalized spacial score (nSPS) is 14.7. The molecule has 0 unspecified atom stereocenters. The number of hydrogen-bond donors (Lipinski definition) is 1. The van der Waals surface area contributed by atoms with E-state index in [4.69, 9.17) is 4.74 Å². The van der Waals surface area contributed by atoms with Crippen molar-refractivity contribution >= 4 is 34.4 Å². The SMILES string of the molecule is COc1ccc(CC(=O)Nc2cc3c(cc2SC2CCCCC2)n(C)c(=O)n3C)cc1. The van der Waals surface area contributed by atoms with Crippen LogP contribution in [-0.2, 0) is 25.3 Å². The molecule has 0 radical (unpaired) electrons. The molecule has 1 fully saturated rings. The maximum atomic E-state index is 12.8. The Kier molecular flexibility index (Phi) is 6.41. The molecule has 7 heteroatoms. The number of rotatable bonds is 6. The van der Waals surface area contributed by atoms with Gasteiger partial charge in [0.05, 0.1) is 30.3 Å². The summed E-state index contributed by atoms with van der Waals surface area (Å²) in [5.74, 6) is 0.696. The Morgan fingerprint density at radius 2 is 1.71 bits per heavy atom. The lowest BCUT2D eigenvalue weighted by atomic mass is 10.0. The first-order valence-electron chi connectivity index (χ1n) is 10.7. The van der Waals surface area contributed by atoms with E-state index < -0.39 is 0 Å². The van der Waals surface area contributed by atoms with Crippen molar-refractivity contribution in [1.82, 2.24) is 9.13 Å². The molecule has 1 saturated carbocycles. The second kappa shape index (κ2) is 9.22. The van der Waals surface area contributed by atoms with Crippen LogP contribution in [0.5, 0.6) is 5.75 Å². The van der Waals surface area contributed by atoms with Gasteiger partial charge in [0.1, 0.15) is 5.75 Å². The number of aryl methyl sites for hydroxylation is 2. The van der Waals surface area contributed by atoms with Crippen LogP contribution in [-0.4, -0.2) is 27.4 Å². The van der Waals surface area contributed by atoms with E-state index in [0.29, 0.717) is 5.25 Å². The first-order chi connectivity index (χ1) is 15.0. The van der Waals surface area contributed by atoms with Crippen molar-refractivity contribution in [3.05, 3.63) is 52.4 Å². The van der Waals surface area contributed by atoms with Crippen molar-refractivity contribution < 1.29 is 9.53 Å². The van der Waals surface area contributed by atoms with Gasteiger partial charge in [-0.1, -0.05) is 31.4 Å². The zero-order valence-corrected chi connectivity index (χ0v) is 19.1. The van der Waals surface area contributed by atoms with Crippen LogP contribution in [0.3, 0.4) is 0 Å². The molecule has 1 aromatic heterocycles. The van der Waals surface area contributed by atoms with E-state index in [1.807, 2.05) is 42.1 Å². The van der Waals surface area contributed by atoms with Crippen LogP contribution >= 0.6 is 11.8 Å². The summed E-state index contributed by atoms with van der Waals surface area (Å²) in [7, 11) is 5.18. The smallest absolute Gasteiger partial charge is 0.328 e. The number of methoxy groups -OCH3 is 1. The third kappa shape index (κ3) is 4.66. The van der Waals surface area contributed by atoms with Gasteiger partial charge in [-0.05, 0) is 42.7 Å². The molecule has 1 N–H and O–H groups in total. The number of carbonyl (C=O) groups is 1. The van der Waals surface area contributed by atoms with E-state index in [1.165, 1.54) is 32.1 Å². The number of aromatic nitrogens is 2. The van der Waals surface area contributed by atoms with Crippen LogP contribution in [0, 0.1) is 0 Å². The summed E-state index contributed by atoms with van der Waals surface area (Å²) in [5.41, 5.74) is 3.35. The second-order valence-electron chi connectivity index (χ2n) is 8.19. The zero-order chi connectivity index (χ0) is 22.0. The molecule has 31 heavy (non-hydrogen) atoms. The van der Waals surface area contributed by atoms with Crippen molar-refractivity contribution in [2.24, 2.45) is 14.1 Å². The molecular formula is C24H29N3O3S. The first kappa shape index (κ1) is 21.6. The Hall–Kier alpha value is -2.67. The number of imidazole rings is 1. The molecule has 0 atom stereocenters. The Morgan fingerprint density at radius 3 is 2.35 bits per heavy atom. The second-order valence-corrected chi connectivity index (χ2v) is 9.53. The van der Waals surface area contributed by atoms with Gasteiger partial charge in [0, 0.05) is 24.2 Å². The minimum atomic E-state index is -0.0732. The summed E-state index contributed by atoms with van der Waals surface area (Å²) in [5, 5.41) is 3.66. The predicted octanol–water partition coefficient (Wildman–Crippen LogP) is 4.49. The van der Waals surface area contributed by atoms with Crippen molar-refractivity contribution in [2.45, 2.75) is 48.7 Å². The van der Waals surface area contributed by atoms with Crippen LogP contribution in [0.2, 0.25) is 0 Å². The number of thioether (sulfide) groups is 1. The number of fused-ring (bicyclic) bond motifs is 1. The lowest BCUT2D eigenvalue weighted by Crippen LogP contribution is -2.19. The van der Waals surface area contributed by atoms with E-state index in [0.717, 1.165) is 32.9 Å². The fourth-order valence-electron chi connectivity index (χ4n) is 4.21. The summed E-state index contributed by atoms with van der Waals surface area (Å²) in [6.45, 7) is 0. The largest absolute Gasteiger partial charge is 0.497 e. The first-order valence-corrected chi connectivity index (χ1v) is 11.6. The lowest BCUT2D eigenvalue weighted by molar-refractivity contribution is -0.115. The molecule has 0 bridgehead atoms. The highest BCUT2D eigenvalue weighted by atomic mass is 32.2. The maximum Gasteiger partial charge on any atom is 0.328 e. The number of ether oxygens (including phenoxy) is 1. The summed E-state index contributed by atoms with van der Waals surface area (Å²) < 4.78 is 8.49. The maximum absolute atomic E-state index is 12.8. The molecular weight excluding hydrogens is 410 g/mol. The van der Waals surface area contributed by atoms with E-state index in [1.54, 1.807) is 30.3 Å². The summed E-state index contributed by atoms with van der Waals surface area (Å²) >= 11 is 1.83. The van der Waals surface area contributed by atoms with Gasteiger partial charge in [0.2, 0.25) is 5.91 Å². The number of benzene rings is 2. The van der Waals surface area contributed by atoms with Crippen LogP contribution < -0.4 is 15.7 Å². The van der Waals surface area contributed by atoms with E-state index in [9.17, 15) is 9.59 Å². The molecule has 1 heterocycles. The average Bonchev–Trinajstić information content (AvgIpc) is 2.99. The topological polar surface area (TPSA) is 65.3 Å².